The van der Waals surface area contributed by atoms with Gasteiger partial charge in [0.2, 0.25) is 0 Å². The first-order chi connectivity index (χ1) is 15.0. The number of benzene rings is 1. The Morgan fingerprint density at radius 1 is 1.13 bits per heavy atom. The van der Waals surface area contributed by atoms with Crippen molar-refractivity contribution in [1.29, 1.82) is 0 Å². The maximum atomic E-state index is 13.3. The molecule has 1 aliphatic carbocycles. The van der Waals surface area contributed by atoms with E-state index in [9.17, 15) is 19.5 Å². The maximum absolute atomic E-state index is 13.3. The fourth-order valence-electron chi connectivity index (χ4n) is 4.49. The number of hydrogen-bond donors (Lipinski definition) is 4. The highest BCUT2D eigenvalue weighted by atomic mass is 32.1. The van der Waals surface area contributed by atoms with Crippen molar-refractivity contribution in [2.24, 2.45) is 0 Å². The molecule has 4 N–H and O–H groups in total. The molecule has 0 spiro atoms. The van der Waals surface area contributed by atoms with E-state index in [4.69, 9.17) is 4.74 Å². The minimum Gasteiger partial charge on any atom is -0.504 e. The van der Waals surface area contributed by atoms with Crippen molar-refractivity contribution in [2.45, 2.75) is 24.7 Å². The maximum Gasteiger partial charge on any atom is 0.327 e. The van der Waals surface area contributed by atoms with Crippen LogP contribution in [0.1, 0.15) is 40.7 Å². The van der Waals surface area contributed by atoms with E-state index in [2.05, 4.69) is 15.3 Å². The predicted octanol–water partition coefficient (Wildman–Crippen LogP) is 2.80. The highest BCUT2D eigenvalue weighted by Crippen LogP contribution is 2.47. The third-order valence-corrected chi connectivity index (χ3v) is 6.86. The number of rotatable bonds is 3. The van der Waals surface area contributed by atoms with Crippen LogP contribution in [0.2, 0.25) is 0 Å². The third kappa shape index (κ3) is 3.17. The molecule has 8 nitrogen and oxygen atoms in total. The molecule has 0 fully saturated rings. The monoisotopic (exact) mass is 437 g/mol. The SMILES string of the molecule is COc1ccc([C@H]2C3=C(C[C@@H](c4cccs4)CC3=O)Nc3[nH]c(=O)[nH]c(=O)c32)cc1O. The van der Waals surface area contributed by atoms with Crippen molar-refractivity contribution < 1.29 is 14.6 Å². The predicted molar refractivity (Wildman–Crippen MR) is 116 cm³/mol. The van der Waals surface area contributed by atoms with Crippen molar-refractivity contribution >= 4 is 22.9 Å². The highest BCUT2D eigenvalue weighted by Gasteiger charge is 2.40. The Balaban J connectivity index is 1.70. The fraction of sp³-hybridized carbons (Fsp3) is 0.227. The van der Waals surface area contributed by atoms with Crippen LogP contribution < -0.4 is 21.3 Å². The highest BCUT2D eigenvalue weighted by molar-refractivity contribution is 7.10. The number of allylic oxidation sites excluding steroid dienone is 2. The van der Waals surface area contributed by atoms with Crippen LogP contribution >= 0.6 is 11.3 Å². The summed E-state index contributed by atoms with van der Waals surface area (Å²) < 4.78 is 5.12. The molecule has 9 heteroatoms. The second-order valence-electron chi connectivity index (χ2n) is 7.62. The first kappa shape index (κ1) is 19.4. The molecule has 5 rings (SSSR count). The third-order valence-electron chi connectivity index (χ3n) is 5.82. The van der Waals surface area contributed by atoms with Gasteiger partial charge in [-0.3, -0.25) is 19.6 Å². The number of thiophene rings is 1. The molecule has 1 aromatic carbocycles. The second kappa shape index (κ2) is 7.28. The molecule has 0 saturated carbocycles. The number of H-pyrrole nitrogens is 2. The summed E-state index contributed by atoms with van der Waals surface area (Å²) in [7, 11) is 1.44. The number of ether oxygens (including phenoxy) is 1. The van der Waals surface area contributed by atoms with Crippen LogP contribution in [0, 0.1) is 0 Å². The van der Waals surface area contributed by atoms with Crippen molar-refractivity contribution in [1.82, 2.24) is 9.97 Å². The molecule has 31 heavy (non-hydrogen) atoms. The standard InChI is InChI=1S/C22H19N3O5S/c1-30-15-5-4-10(8-13(15)26)17-18-12(23-20-19(17)21(28)25-22(29)24-20)7-11(9-14(18)27)16-3-2-6-31-16/h2-6,8,11,17,26H,7,9H2,1H3,(H3,23,24,25,28,29)/t11-,17+/m1/s1. The lowest BCUT2D eigenvalue weighted by Gasteiger charge is -2.35. The van der Waals surface area contributed by atoms with Gasteiger partial charge in [-0.05, 0) is 35.6 Å². The Labute approximate surface area is 180 Å². The number of anilines is 1. The number of phenols is 1. The van der Waals surface area contributed by atoms with E-state index in [0.29, 0.717) is 29.7 Å². The Kier molecular flexibility index (Phi) is 4.55. The largest absolute Gasteiger partial charge is 0.504 e. The van der Waals surface area contributed by atoms with E-state index in [1.54, 1.807) is 23.5 Å². The van der Waals surface area contributed by atoms with E-state index >= 15 is 0 Å². The minimum absolute atomic E-state index is 0.0268. The zero-order chi connectivity index (χ0) is 21.7. The van der Waals surface area contributed by atoms with Gasteiger partial charge in [0, 0.05) is 34.4 Å². The number of fused-ring (bicyclic) bond motifs is 1. The summed E-state index contributed by atoms with van der Waals surface area (Å²) in [6.45, 7) is 0. The lowest BCUT2D eigenvalue weighted by Crippen LogP contribution is -2.37. The molecule has 2 aromatic heterocycles. The average molecular weight is 437 g/mol. The Morgan fingerprint density at radius 2 is 1.97 bits per heavy atom. The summed E-state index contributed by atoms with van der Waals surface area (Å²) in [6.07, 6.45) is 0.907. The molecule has 0 amide bonds. The van der Waals surface area contributed by atoms with E-state index in [1.165, 1.54) is 13.2 Å². The molecule has 0 saturated heterocycles. The Bertz CT molecular complexity index is 1340. The Morgan fingerprint density at radius 3 is 2.68 bits per heavy atom. The van der Waals surface area contributed by atoms with E-state index in [1.807, 2.05) is 17.5 Å². The molecule has 0 bridgehead atoms. The first-order valence-electron chi connectivity index (χ1n) is 9.76. The Hall–Kier alpha value is -3.59. The quantitative estimate of drug-likeness (QED) is 0.500. The summed E-state index contributed by atoms with van der Waals surface area (Å²) in [6, 6.07) is 8.77. The van der Waals surface area contributed by atoms with Crippen molar-refractivity contribution in [3.05, 3.63) is 83.8 Å². The van der Waals surface area contributed by atoms with Gasteiger partial charge < -0.3 is 15.2 Å². The minimum atomic E-state index is -0.722. The van der Waals surface area contributed by atoms with Gasteiger partial charge in [-0.25, -0.2) is 4.79 Å². The number of carbonyl (C=O) groups is 1. The van der Waals surface area contributed by atoms with Crippen LogP contribution in [-0.2, 0) is 4.79 Å². The number of aromatic amines is 2. The lowest BCUT2D eigenvalue weighted by molar-refractivity contribution is -0.116. The number of aromatic nitrogens is 2. The zero-order valence-corrected chi connectivity index (χ0v) is 17.3. The summed E-state index contributed by atoms with van der Waals surface area (Å²) in [5.41, 5.74) is 0.769. The van der Waals surface area contributed by atoms with Gasteiger partial charge in [0.1, 0.15) is 5.82 Å². The number of hydrogen-bond acceptors (Lipinski definition) is 7. The van der Waals surface area contributed by atoms with Crippen LogP contribution in [0.4, 0.5) is 5.82 Å². The van der Waals surface area contributed by atoms with Gasteiger partial charge in [0.25, 0.3) is 5.56 Å². The molecule has 0 unspecified atom stereocenters. The van der Waals surface area contributed by atoms with Gasteiger partial charge in [-0.15, -0.1) is 11.3 Å². The fourth-order valence-corrected chi connectivity index (χ4v) is 5.32. The van der Waals surface area contributed by atoms with Gasteiger partial charge in [-0.1, -0.05) is 12.1 Å². The van der Waals surface area contributed by atoms with Gasteiger partial charge in [0.15, 0.2) is 17.3 Å². The first-order valence-corrected chi connectivity index (χ1v) is 10.6. The van der Waals surface area contributed by atoms with Crippen molar-refractivity contribution in [3.63, 3.8) is 0 Å². The smallest absolute Gasteiger partial charge is 0.327 e. The molecule has 2 aliphatic rings. The molecular formula is C22H19N3O5S. The summed E-state index contributed by atoms with van der Waals surface area (Å²) >= 11 is 1.60. The average Bonchev–Trinajstić information content (AvgIpc) is 3.27. The van der Waals surface area contributed by atoms with Crippen molar-refractivity contribution in [2.75, 3.05) is 12.4 Å². The van der Waals surface area contributed by atoms with E-state index in [-0.39, 0.29) is 34.6 Å². The van der Waals surface area contributed by atoms with Gasteiger partial charge >= 0.3 is 5.69 Å². The van der Waals surface area contributed by atoms with Crippen LogP contribution in [-0.4, -0.2) is 28.0 Å². The van der Waals surface area contributed by atoms with E-state index < -0.39 is 17.2 Å². The van der Waals surface area contributed by atoms with Crippen LogP contribution in [0.25, 0.3) is 0 Å². The molecule has 2 atom stereocenters. The topological polar surface area (TPSA) is 124 Å². The summed E-state index contributed by atoms with van der Waals surface area (Å²) in [5.74, 6) is -0.298. The van der Waals surface area contributed by atoms with E-state index in [0.717, 1.165) is 4.88 Å². The molecule has 3 aromatic rings. The van der Waals surface area contributed by atoms with Crippen LogP contribution in [0.3, 0.4) is 0 Å². The van der Waals surface area contributed by atoms with Gasteiger partial charge in [0.05, 0.1) is 12.7 Å². The van der Waals surface area contributed by atoms with Crippen molar-refractivity contribution in [3.8, 4) is 11.5 Å². The molecule has 1 aliphatic heterocycles. The number of Topliss-reactive ketones (excluding diaryl/α,β-unsaturated/α-hetero) is 1. The molecular weight excluding hydrogens is 418 g/mol. The number of phenolic OH excluding ortho intramolecular Hbond substituents is 1. The number of carbonyl (C=O) groups excluding carboxylic acids is 1. The van der Waals surface area contributed by atoms with Crippen LogP contribution in [0.15, 0.2) is 56.6 Å². The molecule has 158 valence electrons. The normalized spacial score (nSPS) is 20.1. The number of ketones is 1. The number of methoxy groups -OCH3 is 1. The van der Waals surface area contributed by atoms with Crippen LogP contribution in [0.5, 0.6) is 11.5 Å². The summed E-state index contributed by atoms with van der Waals surface area (Å²) in [5, 5.41) is 15.4. The lowest BCUT2D eigenvalue weighted by atomic mass is 9.73. The summed E-state index contributed by atoms with van der Waals surface area (Å²) in [4.78, 5) is 44.1. The molecule has 3 heterocycles. The van der Waals surface area contributed by atoms with Gasteiger partial charge in [-0.2, -0.15) is 0 Å². The number of nitrogens with one attached hydrogen (secondary N) is 3. The second-order valence-corrected chi connectivity index (χ2v) is 8.60. The molecule has 0 radical (unpaired) electrons. The number of aromatic hydroxyl groups is 1. The zero-order valence-electron chi connectivity index (χ0n) is 16.5.